The van der Waals surface area contributed by atoms with Gasteiger partial charge in [0.05, 0.1) is 0 Å². The summed E-state index contributed by atoms with van der Waals surface area (Å²) in [4.78, 5) is 0. The summed E-state index contributed by atoms with van der Waals surface area (Å²) in [6.07, 6.45) is 1.79. The topological polar surface area (TPSA) is 17.8 Å². The molecule has 0 aliphatic rings. The van der Waals surface area contributed by atoms with Gasteiger partial charge in [0, 0.05) is 19.3 Å². The van der Waals surface area contributed by atoms with Crippen LogP contribution >= 0.6 is 22.6 Å². The second-order valence-corrected chi connectivity index (χ2v) is 2.26. The lowest BCUT2D eigenvalue weighted by Crippen LogP contribution is -1.85. The highest BCUT2D eigenvalue weighted by Gasteiger charge is 1.85. The first kappa shape index (κ1) is 5.08. The Labute approximate surface area is 55.7 Å². The van der Waals surface area contributed by atoms with Gasteiger partial charge in [-0.15, -0.1) is 0 Å². The van der Waals surface area contributed by atoms with Gasteiger partial charge >= 0.3 is 0 Å². The summed E-state index contributed by atoms with van der Waals surface area (Å²) in [6, 6.07) is 2.91. The maximum atomic E-state index is 3.96. The third kappa shape index (κ3) is 1.15. The van der Waals surface area contributed by atoms with Gasteiger partial charge in [0.25, 0.3) is 0 Å². The van der Waals surface area contributed by atoms with E-state index in [9.17, 15) is 0 Å². The fourth-order valence-electron chi connectivity index (χ4n) is 0.343. The molecule has 7 heavy (non-hydrogen) atoms. The smallest absolute Gasteiger partial charge is 0.131 e. The van der Waals surface area contributed by atoms with Crippen LogP contribution in [0.5, 0.6) is 0 Å². The Morgan fingerprint density at radius 3 is 2.86 bits per heavy atom. The van der Waals surface area contributed by atoms with Crippen molar-refractivity contribution in [1.82, 2.24) is 9.78 Å². The van der Waals surface area contributed by atoms with Gasteiger partial charge < -0.3 is 0 Å². The molecule has 0 saturated heterocycles. The maximum Gasteiger partial charge on any atom is 0.131 e. The van der Waals surface area contributed by atoms with Gasteiger partial charge in [-0.3, -0.25) is 4.68 Å². The van der Waals surface area contributed by atoms with E-state index in [0.717, 1.165) is 3.70 Å². The van der Waals surface area contributed by atoms with E-state index in [1.54, 1.807) is 10.9 Å². The van der Waals surface area contributed by atoms with Gasteiger partial charge in [-0.25, -0.2) is 0 Å². The second kappa shape index (κ2) is 1.81. The highest BCUT2D eigenvalue weighted by Crippen LogP contribution is 1.94. The van der Waals surface area contributed by atoms with Crippen LogP contribution in [0.3, 0.4) is 0 Å². The van der Waals surface area contributed by atoms with E-state index < -0.39 is 0 Å². The average Bonchev–Trinajstić information content (AvgIpc) is 1.87. The van der Waals surface area contributed by atoms with Crippen molar-refractivity contribution in [3.05, 3.63) is 16.0 Å². The number of hydrogen-bond acceptors (Lipinski definition) is 1. The van der Waals surface area contributed by atoms with Crippen LogP contribution < -0.4 is 0 Å². The Morgan fingerprint density at radius 2 is 2.71 bits per heavy atom. The Kier molecular flexibility index (Phi) is 1.32. The molecule has 0 unspecified atom stereocenters. The minimum atomic E-state index is 0.917. The molecular formula is C4H4IN2. The van der Waals surface area contributed by atoms with E-state index in [-0.39, 0.29) is 0 Å². The first-order valence-corrected chi connectivity index (χ1v) is 2.94. The van der Waals surface area contributed by atoms with Gasteiger partial charge in [-0.1, -0.05) is 0 Å². The molecule has 37 valence electrons. The van der Waals surface area contributed by atoms with Crippen molar-refractivity contribution in [2.75, 3.05) is 0 Å². The highest BCUT2D eigenvalue weighted by atomic mass is 127. The summed E-state index contributed by atoms with van der Waals surface area (Å²) in [7, 11) is 1.87. The van der Waals surface area contributed by atoms with Gasteiger partial charge in [-0.2, -0.15) is 5.10 Å². The molecule has 0 spiro atoms. The number of rotatable bonds is 0. The molecule has 0 aliphatic heterocycles. The molecule has 0 amide bonds. The van der Waals surface area contributed by atoms with Crippen LogP contribution in [-0.2, 0) is 7.05 Å². The molecule has 0 atom stereocenters. The van der Waals surface area contributed by atoms with Crippen molar-refractivity contribution >= 4 is 22.6 Å². The van der Waals surface area contributed by atoms with Crippen LogP contribution in [0.15, 0.2) is 6.20 Å². The number of halogens is 1. The van der Waals surface area contributed by atoms with Crippen molar-refractivity contribution in [3.8, 4) is 0 Å². The lowest BCUT2D eigenvalue weighted by Gasteiger charge is -1.78. The van der Waals surface area contributed by atoms with Crippen LogP contribution in [0.2, 0.25) is 0 Å². The first-order valence-electron chi connectivity index (χ1n) is 1.86. The lowest BCUT2D eigenvalue weighted by atomic mass is 10.8. The number of nitrogens with zero attached hydrogens (tertiary/aromatic N) is 2. The number of aryl methyl sites for hydroxylation is 1. The van der Waals surface area contributed by atoms with Crippen LogP contribution in [0, 0.1) is 9.77 Å². The van der Waals surface area contributed by atoms with Crippen molar-refractivity contribution in [3.63, 3.8) is 0 Å². The summed E-state index contributed by atoms with van der Waals surface area (Å²) < 4.78 is 2.64. The number of aromatic nitrogens is 2. The van der Waals surface area contributed by atoms with E-state index in [0.29, 0.717) is 0 Å². The Bertz CT molecular complexity index is 142. The second-order valence-electron chi connectivity index (χ2n) is 1.24. The molecule has 1 rings (SSSR count). The van der Waals surface area contributed by atoms with E-state index in [1.807, 2.05) is 7.05 Å². The SMILES string of the molecule is Cn1c[c]c(I)n1. The molecule has 0 aliphatic carbocycles. The highest BCUT2D eigenvalue weighted by molar-refractivity contribution is 14.1. The largest absolute Gasteiger partial charge is 0.274 e. The summed E-state index contributed by atoms with van der Waals surface area (Å²) in [5, 5.41) is 3.96. The normalized spacial score (nSPS) is 9.43. The molecule has 1 heterocycles. The lowest BCUT2D eigenvalue weighted by molar-refractivity contribution is 0.760. The van der Waals surface area contributed by atoms with Gasteiger partial charge in [0.15, 0.2) is 0 Å². The van der Waals surface area contributed by atoms with E-state index in [2.05, 4.69) is 33.8 Å². The molecule has 0 fully saturated rings. The zero-order valence-electron chi connectivity index (χ0n) is 3.85. The van der Waals surface area contributed by atoms with Crippen LogP contribution in [0.25, 0.3) is 0 Å². The third-order valence-electron chi connectivity index (χ3n) is 0.616. The molecular weight excluding hydrogens is 203 g/mol. The maximum absolute atomic E-state index is 3.96. The molecule has 0 N–H and O–H groups in total. The van der Waals surface area contributed by atoms with E-state index in [1.165, 1.54) is 0 Å². The summed E-state index contributed by atoms with van der Waals surface area (Å²) in [5.74, 6) is 0. The van der Waals surface area contributed by atoms with Crippen LogP contribution in [-0.4, -0.2) is 9.78 Å². The summed E-state index contributed by atoms with van der Waals surface area (Å²) >= 11 is 2.11. The zero-order valence-corrected chi connectivity index (χ0v) is 6.01. The molecule has 0 saturated carbocycles. The zero-order chi connectivity index (χ0) is 5.28. The Hall–Kier alpha value is -0.0600. The standard InChI is InChI=1S/C4H4IN2/c1-7-3-2-4(5)6-7/h3H,1H3. The summed E-state index contributed by atoms with van der Waals surface area (Å²) in [6.45, 7) is 0. The van der Waals surface area contributed by atoms with E-state index >= 15 is 0 Å². The summed E-state index contributed by atoms with van der Waals surface area (Å²) in [5.41, 5.74) is 0. The Balaban J connectivity index is 3.04. The molecule has 1 radical (unpaired) electrons. The number of hydrogen-bond donors (Lipinski definition) is 0. The van der Waals surface area contributed by atoms with E-state index in [4.69, 9.17) is 0 Å². The fourth-order valence-corrected chi connectivity index (χ4v) is 0.822. The van der Waals surface area contributed by atoms with Crippen molar-refractivity contribution < 1.29 is 0 Å². The first-order chi connectivity index (χ1) is 3.29. The molecule has 1 aromatic rings. The molecule has 3 heteroatoms. The van der Waals surface area contributed by atoms with Crippen molar-refractivity contribution in [2.24, 2.45) is 7.05 Å². The van der Waals surface area contributed by atoms with Gasteiger partial charge in [0.1, 0.15) is 3.70 Å². The predicted molar refractivity (Wildman–Crippen MR) is 34.8 cm³/mol. The third-order valence-corrected chi connectivity index (χ3v) is 1.14. The molecule has 0 bridgehead atoms. The minimum absolute atomic E-state index is 0.917. The quantitative estimate of drug-likeness (QED) is 0.576. The molecule has 1 aromatic heterocycles. The van der Waals surface area contributed by atoms with Crippen molar-refractivity contribution in [1.29, 1.82) is 0 Å². The molecule has 2 nitrogen and oxygen atoms in total. The minimum Gasteiger partial charge on any atom is -0.274 e. The van der Waals surface area contributed by atoms with Crippen LogP contribution in [0.1, 0.15) is 0 Å². The monoisotopic (exact) mass is 207 g/mol. The predicted octanol–water partition coefficient (Wildman–Crippen LogP) is 0.825. The average molecular weight is 207 g/mol. The molecule has 0 aromatic carbocycles. The Morgan fingerprint density at radius 1 is 2.00 bits per heavy atom. The van der Waals surface area contributed by atoms with Crippen molar-refractivity contribution in [2.45, 2.75) is 0 Å². The van der Waals surface area contributed by atoms with Crippen LogP contribution in [0.4, 0.5) is 0 Å². The van der Waals surface area contributed by atoms with Gasteiger partial charge in [-0.05, 0) is 22.6 Å². The fraction of sp³-hybridized carbons (Fsp3) is 0.250. The van der Waals surface area contributed by atoms with Gasteiger partial charge in [0.2, 0.25) is 0 Å².